The monoisotopic (exact) mass is 371 g/mol. The summed E-state index contributed by atoms with van der Waals surface area (Å²) in [6.45, 7) is 4.04. The first-order valence-electron chi connectivity index (χ1n) is 8.96. The third-order valence-corrected chi connectivity index (χ3v) is 4.88. The number of benzene rings is 1. The zero-order valence-electron chi connectivity index (χ0n) is 15.9. The van der Waals surface area contributed by atoms with Gasteiger partial charge in [0.1, 0.15) is 12.3 Å². The van der Waals surface area contributed by atoms with Crippen molar-refractivity contribution >= 4 is 11.6 Å². The van der Waals surface area contributed by atoms with E-state index in [1.54, 1.807) is 25.4 Å². The van der Waals surface area contributed by atoms with Crippen LogP contribution in [0.4, 0.5) is 5.69 Å². The molecule has 1 amide bonds. The van der Waals surface area contributed by atoms with Gasteiger partial charge in [0, 0.05) is 31.9 Å². The number of aromatic nitrogens is 1. The number of carbonyl (C=O) groups is 1. The molecule has 0 bridgehead atoms. The number of amides is 1. The van der Waals surface area contributed by atoms with Gasteiger partial charge >= 0.3 is 0 Å². The molecule has 3 rings (SSSR count). The average molecular weight is 371 g/mol. The van der Waals surface area contributed by atoms with Crippen molar-refractivity contribution in [2.45, 2.75) is 19.5 Å². The summed E-state index contributed by atoms with van der Waals surface area (Å²) in [5.41, 5.74) is 0.733. The van der Waals surface area contributed by atoms with Crippen molar-refractivity contribution in [1.82, 2.24) is 9.47 Å². The van der Waals surface area contributed by atoms with Crippen LogP contribution in [0, 0.1) is 0 Å². The number of anilines is 1. The molecule has 1 saturated heterocycles. The van der Waals surface area contributed by atoms with Crippen LogP contribution in [-0.2, 0) is 11.3 Å². The van der Waals surface area contributed by atoms with Crippen LogP contribution in [0.1, 0.15) is 6.92 Å². The fourth-order valence-electron chi connectivity index (χ4n) is 3.47. The van der Waals surface area contributed by atoms with Crippen LogP contribution in [0.2, 0.25) is 0 Å². The van der Waals surface area contributed by atoms with E-state index in [-0.39, 0.29) is 29.8 Å². The summed E-state index contributed by atoms with van der Waals surface area (Å²) in [4.78, 5) is 29.1. The van der Waals surface area contributed by atoms with Crippen LogP contribution < -0.4 is 19.9 Å². The molecule has 0 radical (unpaired) electrons. The second kappa shape index (κ2) is 8.16. The zero-order valence-corrected chi connectivity index (χ0v) is 15.9. The Balaban J connectivity index is 1.69. The molecule has 7 heteroatoms. The minimum absolute atomic E-state index is 0.00896. The third-order valence-electron chi connectivity index (χ3n) is 4.88. The summed E-state index contributed by atoms with van der Waals surface area (Å²) in [5.74, 6) is 0.990. The Morgan fingerprint density at radius 1 is 1.07 bits per heavy atom. The van der Waals surface area contributed by atoms with E-state index in [4.69, 9.17) is 9.47 Å². The number of hydrogen-bond donors (Lipinski definition) is 0. The highest BCUT2D eigenvalue weighted by atomic mass is 16.5. The van der Waals surface area contributed by atoms with E-state index >= 15 is 0 Å². The number of hydrogen-bond acceptors (Lipinski definition) is 5. The molecular weight excluding hydrogens is 346 g/mol. The molecular formula is C20H25N3O4. The third kappa shape index (κ3) is 3.92. The van der Waals surface area contributed by atoms with Crippen LogP contribution in [-0.4, -0.2) is 55.3 Å². The molecule has 0 N–H and O–H groups in total. The Hall–Kier alpha value is -2.96. The molecule has 0 spiro atoms. The molecule has 0 unspecified atom stereocenters. The van der Waals surface area contributed by atoms with Crippen molar-refractivity contribution in [3.05, 3.63) is 52.9 Å². The topological polar surface area (TPSA) is 64.0 Å². The van der Waals surface area contributed by atoms with Gasteiger partial charge in [-0.3, -0.25) is 9.59 Å². The van der Waals surface area contributed by atoms with E-state index in [9.17, 15) is 9.59 Å². The maximum Gasteiger partial charge on any atom is 0.293 e. The van der Waals surface area contributed by atoms with Gasteiger partial charge < -0.3 is 23.8 Å². The number of nitrogens with zero attached hydrogens (tertiary/aromatic N) is 3. The van der Waals surface area contributed by atoms with Crippen molar-refractivity contribution in [3.63, 3.8) is 0 Å². The Labute approximate surface area is 158 Å². The summed E-state index contributed by atoms with van der Waals surface area (Å²) >= 11 is 0. The Bertz CT molecular complexity index is 864. The zero-order chi connectivity index (χ0) is 19.4. The van der Waals surface area contributed by atoms with Gasteiger partial charge in [-0.1, -0.05) is 12.1 Å². The van der Waals surface area contributed by atoms with Crippen LogP contribution in [0.15, 0.2) is 47.4 Å². The molecule has 1 fully saturated rings. The van der Waals surface area contributed by atoms with Crippen molar-refractivity contribution in [3.8, 4) is 11.5 Å². The Morgan fingerprint density at radius 2 is 1.78 bits per heavy atom. The van der Waals surface area contributed by atoms with E-state index < -0.39 is 0 Å². The first-order chi connectivity index (χ1) is 13.0. The van der Waals surface area contributed by atoms with Crippen LogP contribution in [0.5, 0.6) is 11.5 Å². The van der Waals surface area contributed by atoms with Gasteiger partial charge in [-0.2, -0.15) is 0 Å². The molecule has 1 aromatic heterocycles. The standard InChI is InChI=1S/C20H25N3O4/c1-15-13-21(16-7-4-5-8-17(16)26-2)11-12-23(15)19(24)14-22-10-6-9-18(27-3)20(22)25/h4-10,15H,11-14H2,1-3H3/t15-/m1/s1. The van der Waals surface area contributed by atoms with Crippen molar-refractivity contribution in [2.75, 3.05) is 38.8 Å². The van der Waals surface area contributed by atoms with Gasteiger partial charge in [0.25, 0.3) is 5.56 Å². The molecule has 2 aromatic rings. The largest absolute Gasteiger partial charge is 0.495 e. The predicted molar refractivity (Wildman–Crippen MR) is 104 cm³/mol. The lowest BCUT2D eigenvalue weighted by molar-refractivity contribution is -0.134. The minimum Gasteiger partial charge on any atom is -0.495 e. The minimum atomic E-state index is -0.298. The maximum atomic E-state index is 12.8. The molecule has 0 saturated carbocycles. The van der Waals surface area contributed by atoms with E-state index in [1.165, 1.54) is 11.7 Å². The lowest BCUT2D eigenvalue weighted by Gasteiger charge is -2.41. The summed E-state index contributed by atoms with van der Waals surface area (Å²) in [6.07, 6.45) is 1.61. The van der Waals surface area contributed by atoms with Gasteiger partial charge in [0.05, 0.1) is 19.9 Å². The number of methoxy groups -OCH3 is 2. The normalized spacial score (nSPS) is 16.9. The van der Waals surface area contributed by atoms with E-state index in [0.717, 1.165) is 11.4 Å². The van der Waals surface area contributed by atoms with E-state index in [0.29, 0.717) is 19.6 Å². The molecule has 144 valence electrons. The van der Waals surface area contributed by atoms with E-state index in [2.05, 4.69) is 4.90 Å². The van der Waals surface area contributed by atoms with Gasteiger partial charge in [-0.25, -0.2) is 0 Å². The molecule has 27 heavy (non-hydrogen) atoms. The number of carbonyl (C=O) groups excluding carboxylic acids is 1. The van der Waals surface area contributed by atoms with Crippen LogP contribution in [0.3, 0.4) is 0 Å². The number of piperazine rings is 1. The van der Waals surface area contributed by atoms with Crippen molar-refractivity contribution in [2.24, 2.45) is 0 Å². The second-order valence-corrected chi connectivity index (χ2v) is 6.56. The molecule has 7 nitrogen and oxygen atoms in total. The summed E-state index contributed by atoms with van der Waals surface area (Å²) < 4.78 is 11.9. The summed E-state index contributed by atoms with van der Waals surface area (Å²) in [7, 11) is 3.11. The molecule has 2 heterocycles. The Morgan fingerprint density at radius 3 is 2.48 bits per heavy atom. The van der Waals surface area contributed by atoms with Crippen LogP contribution in [0.25, 0.3) is 0 Å². The maximum absolute atomic E-state index is 12.8. The van der Waals surface area contributed by atoms with Gasteiger partial charge in [0.15, 0.2) is 5.75 Å². The number of para-hydroxylation sites is 2. The highest BCUT2D eigenvalue weighted by Crippen LogP contribution is 2.29. The fraction of sp³-hybridized carbons (Fsp3) is 0.400. The second-order valence-electron chi connectivity index (χ2n) is 6.56. The van der Waals surface area contributed by atoms with Crippen molar-refractivity contribution < 1.29 is 14.3 Å². The number of pyridine rings is 1. The van der Waals surface area contributed by atoms with Crippen molar-refractivity contribution in [1.29, 1.82) is 0 Å². The SMILES string of the molecule is COc1ccccc1N1CCN(C(=O)Cn2cccc(OC)c2=O)[C@H](C)C1. The Kier molecular flexibility index (Phi) is 5.69. The highest BCUT2D eigenvalue weighted by molar-refractivity contribution is 5.77. The first kappa shape index (κ1) is 18.8. The van der Waals surface area contributed by atoms with Crippen LogP contribution >= 0.6 is 0 Å². The molecule has 1 aromatic carbocycles. The molecule has 1 aliphatic heterocycles. The van der Waals surface area contributed by atoms with Gasteiger partial charge in [-0.05, 0) is 31.2 Å². The summed E-state index contributed by atoms with van der Waals surface area (Å²) in [6, 6.07) is 11.2. The lowest BCUT2D eigenvalue weighted by Crippen LogP contribution is -2.55. The first-order valence-corrected chi connectivity index (χ1v) is 8.96. The smallest absolute Gasteiger partial charge is 0.293 e. The predicted octanol–water partition coefficient (Wildman–Crippen LogP) is 1.60. The van der Waals surface area contributed by atoms with Gasteiger partial charge in [0.2, 0.25) is 5.91 Å². The average Bonchev–Trinajstić information content (AvgIpc) is 2.69. The molecule has 1 aliphatic rings. The fourth-order valence-corrected chi connectivity index (χ4v) is 3.47. The molecule has 0 aliphatic carbocycles. The molecule has 1 atom stereocenters. The quantitative estimate of drug-likeness (QED) is 0.799. The lowest BCUT2D eigenvalue weighted by atomic mass is 10.1. The highest BCUT2D eigenvalue weighted by Gasteiger charge is 2.28. The van der Waals surface area contributed by atoms with Gasteiger partial charge in [-0.15, -0.1) is 0 Å². The van der Waals surface area contributed by atoms with E-state index in [1.807, 2.05) is 36.1 Å². The number of ether oxygens (including phenoxy) is 2. The summed E-state index contributed by atoms with van der Waals surface area (Å²) in [5, 5.41) is 0. The number of rotatable bonds is 5.